The van der Waals surface area contributed by atoms with Crippen LogP contribution in [0.3, 0.4) is 0 Å². The number of hydrogen-bond donors (Lipinski definition) is 1. The fourth-order valence-corrected chi connectivity index (χ4v) is 2.56. The van der Waals surface area contributed by atoms with Gasteiger partial charge in [-0.15, -0.1) is 0 Å². The number of amides is 1. The molecule has 130 valence electrons. The number of unbranched alkanes of at least 4 members (excludes halogenated alkanes) is 4. The van der Waals surface area contributed by atoms with Crippen LogP contribution < -0.4 is 74.2 Å². The minimum atomic E-state index is -5.07. The Hall–Kier alpha value is 0.800. The van der Waals surface area contributed by atoms with E-state index in [2.05, 4.69) is 16.8 Å². The summed E-state index contributed by atoms with van der Waals surface area (Å²) in [5.41, 5.74) is 0.695. The van der Waals surface area contributed by atoms with Crippen molar-refractivity contribution in [3.63, 3.8) is 0 Å². The molecule has 0 aliphatic carbocycles. The minimum absolute atomic E-state index is 0. The molecule has 0 saturated carbocycles. The SMILES string of the molecule is CCCCCCCC(=O)N[C@@H](COP(=O)([O-])[O-])c1ccccc1.[Na+].[Na+]. The molecule has 1 atom stereocenters. The van der Waals surface area contributed by atoms with Gasteiger partial charge in [0.25, 0.3) is 0 Å². The van der Waals surface area contributed by atoms with Gasteiger partial charge in [-0.2, -0.15) is 0 Å². The van der Waals surface area contributed by atoms with E-state index >= 15 is 0 Å². The van der Waals surface area contributed by atoms with Crippen molar-refractivity contribution >= 4 is 13.7 Å². The topological polar surface area (TPSA) is 102 Å². The standard InChI is InChI=1S/C16H26NO5P.2Na/c1-2-3-4-5-9-12-16(18)17-15(13-22-23(19,20)21)14-10-7-6-8-11-14;;/h6-8,10-11,15H,2-5,9,12-13H2,1H3,(H,17,18)(H2,19,20,21);;/q;2*+1/p-2/t15-;;/m0../s1. The molecule has 1 amide bonds. The molecule has 0 aromatic heterocycles. The molecular formula is C16H24NNa2O5P. The van der Waals surface area contributed by atoms with Gasteiger partial charge in [-0.1, -0.05) is 62.9 Å². The average molecular weight is 387 g/mol. The van der Waals surface area contributed by atoms with Crippen molar-refractivity contribution in [1.29, 1.82) is 0 Å². The number of hydrogen-bond acceptors (Lipinski definition) is 5. The van der Waals surface area contributed by atoms with Gasteiger partial charge in [0, 0.05) is 6.42 Å². The maximum atomic E-state index is 12.0. The predicted molar refractivity (Wildman–Crippen MR) is 84.3 cm³/mol. The number of rotatable bonds is 11. The molecule has 0 radical (unpaired) electrons. The van der Waals surface area contributed by atoms with Crippen molar-refractivity contribution in [2.45, 2.75) is 51.5 Å². The average Bonchev–Trinajstić information content (AvgIpc) is 2.51. The van der Waals surface area contributed by atoms with Crippen LogP contribution in [0.4, 0.5) is 0 Å². The molecule has 1 aromatic rings. The first-order chi connectivity index (χ1) is 10.9. The van der Waals surface area contributed by atoms with Gasteiger partial charge in [0.15, 0.2) is 0 Å². The van der Waals surface area contributed by atoms with E-state index in [1.54, 1.807) is 24.3 Å². The van der Waals surface area contributed by atoms with Crippen LogP contribution in [0.15, 0.2) is 30.3 Å². The molecule has 1 aromatic carbocycles. The first kappa shape index (κ1) is 28.0. The van der Waals surface area contributed by atoms with Gasteiger partial charge < -0.3 is 24.2 Å². The van der Waals surface area contributed by atoms with Crippen LogP contribution in [-0.2, 0) is 13.9 Å². The Kier molecular flexibility index (Phi) is 17.7. The molecule has 0 fully saturated rings. The van der Waals surface area contributed by atoms with E-state index < -0.39 is 20.5 Å². The maximum absolute atomic E-state index is 12.0. The van der Waals surface area contributed by atoms with E-state index in [4.69, 9.17) is 0 Å². The van der Waals surface area contributed by atoms with Gasteiger partial charge in [-0.05, 0) is 12.0 Å². The molecule has 0 aliphatic heterocycles. The van der Waals surface area contributed by atoms with Gasteiger partial charge in [0.05, 0.1) is 20.5 Å². The Labute approximate surface area is 194 Å². The zero-order valence-electron chi connectivity index (χ0n) is 15.4. The number of carbonyl (C=O) groups excluding carboxylic acids is 1. The summed E-state index contributed by atoms with van der Waals surface area (Å²) < 4.78 is 15.0. The third kappa shape index (κ3) is 14.5. The molecule has 0 spiro atoms. The fourth-order valence-electron chi connectivity index (χ4n) is 2.23. The third-order valence-corrected chi connectivity index (χ3v) is 3.91. The van der Waals surface area contributed by atoms with Crippen LogP contribution in [0.5, 0.6) is 0 Å². The van der Waals surface area contributed by atoms with E-state index in [0.29, 0.717) is 12.0 Å². The van der Waals surface area contributed by atoms with E-state index in [1.807, 2.05) is 6.07 Å². The Morgan fingerprint density at radius 1 is 1.12 bits per heavy atom. The molecule has 1 N–H and O–H groups in total. The fraction of sp³-hybridized carbons (Fsp3) is 0.562. The Bertz CT molecular complexity index is 513. The van der Waals surface area contributed by atoms with E-state index in [9.17, 15) is 19.1 Å². The second-order valence-electron chi connectivity index (χ2n) is 5.44. The van der Waals surface area contributed by atoms with Crippen LogP contribution in [0.2, 0.25) is 0 Å². The first-order valence-electron chi connectivity index (χ1n) is 7.93. The predicted octanol–water partition coefficient (Wildman–Crippen LogP) is -3.94. The molecule has 0 saturated heterocycles. The monoisotopic (exact) mass is 387 g/mol. The summed E-state index contributed by atoms with van der Waals surface area (Å²) in [6.45, 7) is 1.73. The van der Waals surface area contributed by atoms with E-state index in [0.717, 1.165) is 32.1 Å². The normalized spacial score (nSPS) is 11.8. The molecule has 0 heterocycles. The van der Waals surface area contributed by atoms with Crippen LogP contribution >= 0.6 is 7.82 Å². The van der Waals surface area contributed by atoms with Crippen LogP contribution in [0.1, 0.15) is 57.1 Å². The summed E-state index contributed by atoms with van der Waals surface area (Å²) in [6, 6.07) is 8.19. The zero-order chi connectivity index (χ0) is 17.1. The molecule has 0 aliphatic rings. The van der Waals surface area contributed by atoms with Crippen molar-refractivity contribution in [2.24, 2.45) is 0 Å². The van der Waals surface area contributed by atoms with E-state index in [1.165, 1.54) is 0 Å². The number of benzene rings is 1. The van der Waals surface area contributed by atoms with Crippen molar-refractivity contribution in [3.05, 3.63) is 35.9 Å². The molecule has 1 rings (SSSR count). The maximum Gasteiger partial charge on any atom is 1.00 e. The summed E-state index contributed by atoms with van der Waals surface area (Å²) >= 11 is 0. The summed E-state index contributed by atoms with van der Waals surface area (Å²) in [5, 5.41) is 2.73. The largest absolute Gasteiger partial charge is 1.00 e. The van der Waals surface area contributed by atoms with Crippen LogP contribution in [-0.4, -0.2) is 12.5 Å². The van der Waals surface area contributed by atoms with Crippen molar-refractivity contribution in [2.75, 3.05) is 6.61 Å². The molecule has 6 nitrogen and oxygen atoms in total. The van der Waals surface area contributed by atoms with Gasteiger partial charge in [0.1, 0.15) is 0 Å². The van der Waals surface area contributed by atoms with Gasteiger partial charge >= 0.3 is 59.1 Å². The van der Waals surface area contributed by atoms with Crippen molar-refractivity contribution < 1.29 is 82.8 Å². The minimum Gasteiger partial charge on any atom is -0.790 e. The molecular weight excluding hydrogens is 363 g/mol. The third-order valence-electron chi connectivity index (χ3n) is 3.44. The summed E-state index contributed by atoms with van der Waals surface area (Å²) in [7, 11) is -5.07. The van der Waals surface area contributed by atoms with Crippen LogP contribution in [0, 0.1) is 0 Å². The number of nitrogens with one attached hydrogen (secondary N) is 1. The van der Waals surface area contributed by atoms with E-state index in [-0.39, 0.29) is 65.0 Å². The second kappa shape index (κ2) is 15.8. The molecule has 25 heavy (non-hydrogen) atoms. The Morgan fingerprint density at radius 2 is 1.72 bits per heavy atom. The van der Waals surface area contributed by atoms with Gasteiger partial charge in [0.2, 0.25) is 5.91 Å². The number of carbonyl (C=O) groups is 1. The Balaban J connectivity index is 0. The molecule has 0 bridgehead atoms. The van der Waals surface area contributed by atoms with Gasteiger partial charge in [-0.3, -0.25) is 4.79 Å². The molecule has 0 unspecified atom stereocenters. The quantitative estimate of drug-likeness (QED) is 0.237. The summed E-state index contributed by atoms with van der Waals surface area (Å²) in [5.74, 6) is -0.175. The van der Waals surface area contributed by atoms with Crippen LogP contribution in [0.25, 0.3) is 0 Å². The Morgan fingerprint density at radius 3 is 2.28 bits per heavy atom. The van der Waals surface area contributed by atoms with Crippen molar-refractivity contribution in [3.8, 4) is 0 Å². The van der Waals surface area contributed by atoms with Crippen molar-refractivity contribution in [1.82, 2.24) is 5.32 Å². The summed E-state index contributed by atoms with van der Waals surface area (Å²) in [6.07, 6.45) is 5.55. The zero-order valence-corrected chi connectivity index (χ0v) is 20.3. The molecule has 9 heteroatoms. The summed E-state index contributed by atoms with van der Waals surface area (Å²) in [4.78, 5) is 33.3. The first-order valence-corrected chi connectivity index (χ1v) is 9.39. The number of phosphoric acid groups is 1. The second-order valence-corrected chi connectivity index (χ2v) is 6.59. The van der Waals surface area contributed by atoms with Gasteiger partial charge in [-0.25, -0.2) is 0 Å². The number of phosphoric ester groups is 1. The smallest absolute Gasteiger partial charge is 0.790 e.